The summed E-state index contributed by atoms with van der Waals surface area (Å²) in [6.45, 7) is 1.18. The van der Waals surface area contributed by atoms with E-state index in [1.54, 1.807) is 30.5 Å². The molecular formula is C24H33N7O8. The monoisotopic (exact) mass is 547 g/mol. The number of carboxylic acids is 1. The van der Waals surface area contributed by atoms with Crippen molar-refractivity contribution in [3.05, 3.63) is 36.0 Å². The van der Waals surface area contributed by atoms with Gasteiger partial charge >= 0.3 is 5.97 Å². The Bertz CT molecular complexity index is 1230. The number of aromatic nitrogens is 1. The number of benzene rings is 1. The summed E-state index contributed by atoms with van der Waals surface area (Å²) in [6, 6.07) is 1.32. The first-order chi connectivity index (χ1) is 18.3. The summed E-state index contributed by atoms with van der Waals surface area (Å²) in [5, 5.41) is 27.4. The van der Waals surface area contributed by atoms with Crippen LogP contribution in [0.5, 0.6) is 0 Å². The van der Waals surface area contributed by atoms with Gasteiger partial charge in [0.25, 0.3) is 0 Å². The van der Waals surface area contributed by atoms with Crippen LogP contribution < -0.4 is 33.2 Å². The molecule has 5 unspecified atom stereocenters. The van der Waals surface area contributed by atoms with Crippen molar-refractivity contribution in [1.29, 1.82) is 0 Å². The number of primary amides is 2. The molecule has 15 heteroatoms. The van der Waals surface area contributed by atoms with Crippen molar-refractivity contribution >= 4 is 46.4 Å². The number of amides is 5. The van der Waals surface area contributed by atoms with E-state index in [0.717, 1.165) is 10.9 Å². The van der Waals surface area contributed by atoms with Gasteiger partial charge in [-0.15, -0.1) is 0 Å². The van der Waals surface area contributed by atoms with Crippen LogP contribution in [0.25, 0.3) is 10.9 Å². The Labute approximate surface area is 222 Å². The molecule has 0 aliphatic heterocycles. The average Bonchev–Trinajstić information content (AvgIpc) is 3.26. The average molecular weight is 548 g/mol. The van der Waals surface area contributed by atoms with Crippen molar-refractivity contribution in [3.63, 3.8) is 0 Å². The van der Waals surface area contributed by atoms with Crippen LogP contribution in [0.1, 0.15) is 31.7 Å². The molecule has 0 bridgehead atoms. The topological polar surface area (TPSA) is 273 Å². The largest absolute Gasteiger partial charge is 0.480 e. The molecule has 0 aliphatic carbocycles. The molecule has 212 valence electrons. The third-order valence-corrected chi connectivity index (χ3v) is 5.85. The molecule has 0 spiro atoms. The number of rotatable bonds is 15. The zero-order valence-electron chi connectivity index (χ0n) is 21.2. The Kier molecular flexibility index (Phi) is 10.9. The summed E-state index contributed by atoms with van der Waals surface area (Å²) >= 11 is 0. The molecule has 1 heterocycles. The lowest BCUT2D eigenvalue weighted by molar-refractivity contribution is -0.142. The zero-order chi connectivity index (χ0) is 29.3. The minimum atomic E-state index is -1.61. The van der Waals surface area contributed by atoms with Crippen molar-refractivity contribution < 1.29 is 39.0 Å². The number of H-pyrrole nitrogens is 1. The van der Waals surface area contributed by atoms with E-state index in [9.17, 15) is 39.0 Å². The maximum absolute atomic E-state index is 13.1. The van der Waals surface area contributed by atoms with Crippen LogP contribution in [0.4, 0.5) is 0 Å². The van der Waals surface area contributed by atoms with Gasteiger partial charge in [0, 0.05) is 29.9 Å². The van der Waals surface area contributed by atoms with Crippen molar-refractivity contribution in [1.82, 2.24) is 20.9 Å². The second-order valence-electron chi connectivity index (χ2n) is 9.03. The predicted octanol–water partition coefficient (Wildman–Crippen LogP) is -2.90. The second-order valence-corrected chi connectivity index (χ2v) is 9.03. The minimum Gasteiger partial charge on any atom is -0.480 e. The Morgan fingerprint density at radius 2 is 1.56 bits per heavy atom. The van der Waals surface area contributed by atoms with Crippen molar-refractivity contribution in [2.45, 2.75) is 62.9 Å². The fraction of sp³-hybridized carbons (Fsp3) is 0.417. The lowest BCUT2D eigenvalue weighted by Gasteiger charge is -2.26. The lowest BCUT2D eigenvalue weighted by Crippen LogP contribution is -2.60. The molecule has 15 nitrogen and oxygen atoms in total. The van der Waals surface area contributed by atoms with Gasteiger partial charge in [0.2, 0.25) is 29.5 Å². The Balaban J connectivity index is 2.19. The first-order valence-corrected chi connectivity index (χ1v) is 12.0. The summed E-state index contributed by atoms with van der Waals surface area (Å²) in [6.07, 6.45) is -1.09. The molecule has 0 saturated heterocycles. The molecule has 2 rings (SSSR count). The number of fused-ring (bicyclic) bond motifs is 1. The van der Waals surface area contributed by atoms with Gasteiger partial charge < -0.3 is 48.3 Å². The first kappa shape index (κ1) is 30.7. The van der Waals surface area contributed by atoms with Crippen LogP contribution in [-0.2, 0) is 35.2 Å². The van der Waals surface area contributed by atoms with Gasteiger partial charge in [-0.05, 0) is 25.0 Å². The van der Waals surface area contributed by atoms with Gasteiger partial charge in [0.05, 0.1) is 18.6 Å². The summed E-state index contributed by atoms with van der Waals surface area (Å²) in [5.41, 5.74) is 17.2. The summed E-state index contributed by atoms with van der Waals surface area (Å²) in [7, 11) is 0. The van der Waals surface area contributed by atoms with E-state index in [1.165, 1.54) is 6.92 Å². The fourth-order valence-electron chi connectivity index (χ4n) is 3.78. The number of aliphatic hydroxyl groups is 1. The molecule has 0 saturated carbocycles. The SMILES string of the molecule is CC(O)C(NC(=O)C(N)CC(N)=O)C(=O)NC(CCC(N)=O)C(=O)NC(Cc1c[nH]c2ccccc12)C(=O)O. The van der Waals surface area contributed by atoms with Gasteiger partial charge in [-0.2, -0.15) is 0 Å². The quantitative estimate of drug-likeness (QED) is 0.110. The third-order valence-electron chi connectivity index (χ3n) is 5.85. The summed E-state index contributed by atoms with van der Waals surface area (Å²) in [4.78, 5) is 75.6. The van der Waals surface area contributed by atoms with E-state index in [-0.39, 0.29) is 19.3 Å². The number of para-hydroxylation sites is 1. The predicted molar refractivity (Wildman–Crippen MR) is 137 cm³/mol. The summed E-state index contributed by atoms with van der Waals surface area (Å²) in [5.74, 6) is -5.91. The number of aliphatic hydroxyl groups excluding tert-OH is 1. The van der Waals surface area contributed by atoms with Gasteiger partial charge in [-0.25, -0.2) is 4.79 Å². The number of carbonyl (C=O) groups is 6. The molecule has 2 aromatic rings. The van der Waals surface area contributed by atoms with Crippen LogP contribution in [0.2, 0.25) is 0 Å². The molecule has 0 fully saturated rings. The fourth-order valence-corrected chi connectivity index (χ4v) is 3.78. The number of nitrogens with one attached hydrogen (secondary N) is 4. The summed E-state index contributed by atoms with van der Waals surface area (Å²) < 4.78 is 0. The van der Waals surface area contributed by atoms with Crippen LogP contribution in [0.3, 0.4) is 0 Å². The van der Waals surface area contributed by atoms with Crippen molar-refractivity contribution in [2.75, 3.05) is 0 Å². The molecule has 0 radical (unpaired) electrons. The molecule has 12 N–H and O–H groups in total. The van der Waals surface area contributed by atoms with Gasteiger partial charge in [0.15, 0.2) is 0 Å². The van der Waals surface area contributed by atoms with E-state index in [2.05, 4.69) is 20.9 Å². The minimum absolute atomic E-state index is 0.0916. The maximum atomic E-state index is 13.1. The Morgan fingerprint density at radius 1 is 0.923 bits per heavy atom. The maximum Gasteiger partial charge on any atom is 0.326 e. The van der Waals surface area contributed by atoms with E-state index in [1.807, 2.05) is 0 Å². The second kappa shape index (κ2) is 13.9. The van der Waals surface area contributed by atoms with E-state index < -0.39 is 72.2 Å². The highest BCUT2D eigenvalue weighted by molar-refractivity contribution is 5.95. The van der Waals surface area contributed by atoms with Crippen molar-refractivity contribution in [3.8, 4) is 0 Å². The van der Waals surface area contributed by atoms with E-state index >= 15 is 0 Å². The molecule has 5 atom stereocenters. The highest BCUT2D eigenvalue weighted by atomic mass is 16.4. The number of aliphatic carboxylic acids is 1. The molecular weight excluding hydrogens is 514 g/mol. The van der Waals surface area contributed by atoms with Gasteiger partial charge in [-0.3, -0.25) is 24.0 Å². The molecule has 5 amide bonds. The highest BCUT2D eigenvalue weighted by Crippen LogP contribution is 2.19. The van der Waals surface area contributed by atoms with Gasteiger partial charge in [-0.1, -0.05) is 18.2 Å². The lowest BCUT2D eigenvalue weighted by atomic mass is 10.0. The highest BCUT2D eigenvalue weighted by Gasteiger charge is 2.33. The van der Waals surface area contributed by atoms with Gasteiger partial charge in [0.1, 0.15) is 18.1 Å². The number of nitrogens with two attached hydrogens (primary N) is 3. The standard InChI is InChI=1S/C24H33N7O8/c1-11(32)20(31-21(35)14(25)9-19(27)34)23(37)29-16(6-7-18(26)33)22(36)30-17(24(38)39)8-12-10-28-15-5-3-2-4-13(12)15/h2-5,10-11,14,16-17,20,28,32H,6-9,25H2,1H3,(H2,26,33)(H2,27,34)(H,29,37)(H,30,36)(H,31,35)(H,38,39). The molecule has 0 aliphatic rings. The van der Waals surface area contributed by atoms with Crippen molar-refractivity contribution in [2.24, 2.45) is 17.2 Å². The number of hydrogen-bond donors (Lipinski definition) is 9. The number of aromatic amines is 1. The third kappa shape index (κ3) is 9.08. The zero-order valence-corrected chi connectivity index (χ0v) is 21.2. The normalized spacial score (nSPS) is 14.8. The number of carboxylic acid groups (broad SMARTS) is 1. The van der Waals surface area contributed by atoms with E-state index in [4.69, 9.17) is 17.2 Å². The molecule has 1 aromatic carbocycles. The van der Waals surface area contributed by atoms with Crippen LogP contribution in [0, 0.1) is 0 Å². The Hall–Kier alpha value is -4.50. The van der Waals surface area contributed by atoms with E-state index in [0.29, 0.717) is 5.56 Å². The number of carbonyl (C=O) groups excluding carboxylic acids is 5. The molecule has 1 aromatic heterocycles. The number of hydrogen-bond acceptors (Lipinski definition) is 8. The smallest absolute Gasteiger partial charge is 0.326 e. The first-order valence-electron chi connectivity index (χ1n) is 12.0. The Morgan fingerprint density at radius 3 is 2.15 bits per heavy atom. The van der Waals surface area contributed by atoms with Crippen LogP contribution in [0.15, 0.2) is 30.5 Å². The van der Waals surface area contributed by atoms with Crippen LogP contribution >= 0.6 is 0 Å². The van der Waals surface area contributed by atoms with Crippen LogP contribution in [-0.4, -0.2) is 81.0 Å². The molecule has 39 heavy (non-hydrogen) atoms.